The van der Waals surface area contributed by atoms with Crippen LogP contribution in [0.3, 0.4) is 0 Å². The molecular formula is C17H13N5O. The van der Waals surface area contributed by atoms with Gasteiger partial charge in [-0.25, -0.2) is 9.50 Å². The molecule has 0 saturated heterocycles. The van der Waals surface area contributed by atoms with E-state index < -0.39 is 0 Å². The number of nitrogens with one attached hydrogen (secondary N) is 1. The van der Waals surface area contributed by atoms with Crippen LogP contribution in [0.15, 0.2) is 59.9 Å². The number of hydrogen-bond acceptors (Lipinski definition) is 4. The summed E-state index contributed by atoms with van der Waals surface area (Å²) in [6.45, 7) is 1.92. The maximum Gasteiger partial charge on any atom is 0.273 e. The minimum absolute atomic E-state index is 0.155. The molecule has 6 heteroatoms. The molecule has 0 aliphatic heterocycles. The Bertz CT molecular complexity index is 1040. The van der Waals surface area contributed by atoms with Crippen LogP contribution in [-0.4, -0.2) is 24.6 Å². The van der Waals surface area contributed by atoms with Crippen LogP contribution < -0.4 is 5.56 Å². The maximum absolute atomic E-state index is 12.4. The second-order valence-electron chi connectivity index (χ2n) is 5.23. The van der Waals surface area contributed by atoms with Crippen molar-refractivity contribution in [2.75, 3.05) is 0 Å². The van der Waals surface area contributed by atoms with E-state index in [9.17, 15) is 4.79 Å². The third-order valence-electron chi connectivity index (χ3n) is 3.72. The third-order valence-corrected chi connectivity index (χ3v) is 3.72. The minimum Gasteiger partial charge on any atom is -0.293 e. The lowest BCUT2D eigenvalue weighted by Gasteiger charge is -2.03. The maximum atomic E-state index is 12.4. The number of aromatic nitrogens is 5. The number of aryl methyl sites for hydroxylation is 1. The first-order valence-corrected chi connectivity index (χ1v) is 7.17. The second-order valence-corrected chi connectivity index (χ2v) is 5.23. The second kappa shape index (κ2) is 5.17. The van der Waals surface area contributed by atoms with E-state index in [-0.39, 0.29) is 5.56 Å². The van der Waals surface area contributed by atoms with Gasteiger partial charge >= 0.3 is 0 Å². The molecule has 1 N–H and O–H groups in total. The summed E-state index contributed by atoms with van der Waals surface area (Å²) in [5.41, 5.74) is 4.60. The molecule has 6 nitrogen and oxygen atoms in total. The summed E-state index contributed by atoms with van der Waals surface area (Å²) >= 11 is 0. The molecule has 0 aromatic carbocycles. The number of nitrogens with zero attached hydrogens (tertiary/aromatic N) is 4. The molecule has 0 aliphatic rings. The predicted molar refractivity (Wildman–Crippen MR) is 87.0 cm³/mol. The van der Waals surface area contributed by atoms with Gasteiger partial charge in [-0.3, -0.25) is 19.9 Å². The van der Waals surface area contributed by atoms with Gasteiger partial charge in [-0.05, 0) is 36.8 Å². The van der Waals surface area contributed by atoms with E-state index in [2.05, 4.69) is 20.1 Å². The zero-order valence-electron chi connectivity index (χ0n) is 12.4. The van der Waals surface area contributed by atoms with Crippen molar-refractivity contribution in [1.29, 1.82) is 0 Å². The van der Waals surface area contributed by atoms with Crippen LogP contribution in [0.2, 0.25) is 0 Å². The van der Waals surface area contributed by atoms with Crippen LogP contribution in [0.4, 0.5) is 0 Å². The first-order chi connectivity index (χ1) is 11.2. The zero-order chi connectivity index (χ0) is 15.8. The van der Waals surface area contributed by atoms with Crippen molar-refractivity contribution in [3.05, 3.63) is 71.2 Å². The highest BCUT2D eigenvalue weighted by atomic mass is 16.1. The van der Waals surface area contributed by atoms with Crippen molar-refractivity contribution in [3.8, 4) is 22.4 Å². The topological polar surface area (TPSA) is 75.9 Å². The van der Waals surface area contributed by atoms with E-state index in [1.807, 2.05) is 31.2 Å². The summed E-state index contributed by atoms with van der Waals surface area (Å²) in [5, 5.41) is 3.08. The highest BCUT2D eigenvalue weighted by Crippen LogP contribution is 2.27. The molecule has 4 heterocycles. The summed E-state index contributed by atoms with van der Waals surface area (Å²) < 4.78 is 1.46. The predicted octanol–water partition coefficient (Wildman–Crippen LogP) is 2.46. The lowest BCUT2D eigenvalue weighted by atomic mass is 10.1. The van der Waals surface area contributed by atoms with E-state index in [0.717, 1.165) is 22.4 Å². The van der Waals surface area contributed by atoms with E-state index in [1.54, 1.807) is 24.8 Å². The SMILES string of the molecule is Cc1[nH]n2c(=O)cc(-c3cccnc3)nc2c1-c1ccncc1. The molecule has 0 saturated carbocycles. The molecule has 0 spiro atoms. The summed E-state index contributed by atoms with van der Waals surface area (Å²) in [6.07, 6.45) is 6.84. The van der Waals surface area contributed by atoms with Gasteiger partial charge in [-0.2, -0.15) is 0 Å². The Morgan fingerprint density at radius 1 is 1.04 bits per heavy atom. The standard InChI is InChI=1S/C17H13N5O/c1-11-16(12-4-7-18-8-5-12)17-20-14(9-15(23)22(17)21-11)13-3-2-6-19-10-13/h2-10,21H,1H3. The minimum atomic E-state index is -0.155. The number of pyridine rings is 2. The smallest absolute Gasteiger partial charge is 0.273 e. The molecule has 0 amide bonds. The zero-order valence-corrected chi connectivity index (χ0v) is 12.4. The van der Waals surface area contributed by atoms with Crippen LogP contribution in [0.25, 0.3) is 28.0 Å². The van der Waals surface area contributed by atoms with Gasteiger partial charge in [0.25, 0.3) is 5.56 Å². The summed E-state index contributed by atoms with van der Waals surface area (Å²) in [6, 6.07) is 9.02. The number of hydrogen-bond donors (Lipinski definition) is 1. The first kappa shape index (κ1) is 13.4. The van der Waals surface area contributed by atoms with Crippen molar-refractivity contribution < 1.29 is 0 Å². The number of H-pyrrole nitrogens is 1. The van der Waals surface area contributed by atoms with Gasteiger partial charge in [0.1, 0.15) is 0 Å². The van der Waals surface area contributed by atoms with Crippen LogP contribution in [0.1, 0.15) is 5.69 Å². The average molecular weight is 303 g/mol. The van der Waals surface area contributed by atoms with Gasteiger partial charge in [0.05, 0.1) is 5.69 Å². The van der Waals surface area contributed by atoms with Gasteiger partial charge in [0.15, 0.2) is 5.65 Å². The Balaban J connectivity index is 2.04. The lowest BCUT2D eigenvalue weighted by Crippen LogP contribution is -2.14. The Kier molecular flexibility index (Phi) is 3.01. The molecule has 0 radical (unpaired) electrons. The van der Waals surface area contributed by atoms with Gasteiger partial charge in [-0.15, -0.1) is 0 Å². The highest BCUT2D eigenvalue weighted by molar-refractivity contribution is 5.80. The average Bonchev–Trinajstić information content (AvgIpc) is 2.93. The Labute approximate surface area is 131 Å². The van der Waals surface area contributed by atoms with Crippen LogP contribution >= 0.6 is 0 Å². The van der Waals surface area contributed by atoms with E-state index >= 15 is 0 Å². The molecule has 23 heavy (non-hydrogen) atoms. The monoisotopic (exact) mass is 303 g/mol. The fraction of sp³-hybridized carbons (Fsp3) is 0.0588. The van der Waals surface area contributed by atoms with Gasteiger partial charge in [0, 0.05) is 47.7 Å². The number of rotatable bonds is 2. The van der Waals surface area contributed by atoms with E-state index in [4.69, 9.17) is 0 Å². The third kappa shape index (κ3) is 2.20. The molecule has 0 atom stereocenters. The largest absolute Gasteiger partial charge is 0.293 e. The van der Waals surface area contributed by atoms with Crippen molar-refractivity contribution in [1.82, 2.24) is 24.6 Å². The molecule has 0 bridgehead atoms. The Morgan fingerprint density at radius 2 is 1.87 bits per heavy atom. The molecule has 4 rings (SSSR count). The molecule has 0 fully saturated rings. The molecule has 4 aromatic heterocycles. The Morgan fingerprint density at radius 3 is 2.61 bits per heavy atom. The normalized spacial score (nSPS) is 11.0. The summed E-state index contributed by atoms with van der Waals surface area (Å²) in [4.78, 5) is 25.2. The summed E-state index contributed by atoms with van der Waals surface area (Å²) in [7, 11) is 0. The highest BCUT2D eigenvalue weighted by Gasteiger charge is 2.15. The summed E-state index contributed by atoms with van der Waals surface area (Å²) in [5.74, 6) is 0. The molecule has 0 aliphatic carbocycles. The van der Waals surface area contributed by atoms with Crippen LogP contribution in [0, 0.1) is 6.92 Å². The number of fused-ring (bicyclic) bond motifs is 1. The van der Waals surface area contributed by atoms with Crippen molar-refractivity contribution in [2.24, 2.45) is 0 Å². The fourth-order valence-electron chi connectivity index (χ4n) is 2.68. The first-order valence-electron chi connectivity index (χ1n) is 7.17. The van der Waals surface area contributed by atoms with Crippen LogP contribution in [0.5, 0.6) is 0 Å². The van der Waals surface area contributed by atoms with Crippen molar-refractivity contribution in [2.45, 2.75) is 6.92 Å². The fourth-order valence-corrected chi connectivity index (χ4v) is 2.68. The van der Waals surface area contributed by atoms with Crippen molar-refractivity contribution >= 4 is 5.65 Å². The molecule has 112 valence electrons. The lowest BCUT2D eigenvalue weighted by molar-refractivity contribution is 0.882. The molecule has 0 unspecified atom stereocenters. The van der Waals surface area contributed by atoms with Gasteiger partial charge in [0.2, 0.25) is 0 Å². The quantitative estimate of drug-likeness (QED) is 0.617. The van der Waals surface area contributed by atoms with Crippen LogP contribution in [-0.2, 0) is 0 Å². The van der Waals surface area contributed by atoms with E-state index in [1.165, 1.54) is 10.6 Å². The van der Waals surface area contributed by atoms with Gasteiger partial charge in [-0.1, -0.05) is 0 Å². The molecular weight excluding hydrogens is 290 g/mol. The van der Waals surface area contributed by atoms with Crippen molar-refractivity contribution in [3.63, 3.8) is 0 Å². The van der Waals surface area contributed by atoms with E-state index in [0.29, 0.717) is 11.3 Å². The Hall–Kier alpha value is -3.28. The van der Waals surface area contributed by atoms with Gasteiger partial charge < -0.3 is 0 Å². The molecule has 4 aromatic rings. The number of aromatic amines is 1.